The summed E-state index contributed by atoms with van der Waals surface area (Å²) in [5.41, 5.74) is 4.17. The Hall–Kier alpha value is -1.61. The third-order valence-electron chi connectivity index (χ3n) is 6.02. The third kappa shape index (κ3) is 21.4. The maximum absolute atomic E-state index is 13.3. The Bertz CT molecular complexity index is 480. The molecule has 0 aromatic rings. The van der Waals surface area contributed by atoms with Crippen molar-refractivity contribution < 1.29 is 19.2 Å². The number of thioether (sulfide) groups is 1. The fourth-order valence-electron chi connectivity index (χ4n) is 4.52. The van der Waals surface area contributed by atoms with Gasteiger partial charge in [0.05, 0.1) is 5.92 Å². The molecule has 0 heterocycles. The largest absolute Gasteiger partial charge is 0.372 e. The number of rotatable bonds is 15. The number of carbonyl (C=O) groups excluding carboxylic acids is 4. The van der Waals surface area contributed by atoms with E-state index >= 15 is 0 Å². The van der Waals surface area contributed by atoms with Crippen LogP contribution in [0.3, 0.4) is 0 Å². The van der Waals surface area contributed by atoms with Crippen LogP contribution in [0.4, 0.5) is 0 Å². The van der Waals surface area contributed by atoms with Gasteiger partial charge >= 0.3 is 0 Å². The summed E-state index contributed by atoms with van der Waals surface area (Å²) in [5.74, 6) is 0.438. The van der Waals surface area contributed by atoms with Gasteiger partial charge in [0.25, 0.3) is 0 Å². The number of hydrogen-bond donors (Lipinski definition) is 4. The van der Waals surface area contributed by atoms with Crippen molar-refractivity contribution in [2.24, 2.45) is 17.6 Å². The molecule has 0 spiro atoms. The van der Waals surface area contributed by atoms with Crippen molar-refractivity contribution in [1.29, 1.82) is 0 Å². The summed E-state index contributed by atoms with van der Waals surface area (Å²) in [5, 5.41) is 9.57. The first-order chi connectivity index (χ1) is 17.0. The minimum Gasteiger partial charge on any atom is -0.372 e. The Morgan fingerprint density at radius 1 is 1.03 bits per heavy atom. The van der Waals surface area contributed by atoms with Crippen molar-refractivity contribution in [3.63, 3.8) is 0 Å². The molecule has 3 atom stereocenters. The fourth-order valence-corrected chi connectivity index (χ4v) is 4.52. The monoisotopic (exact) mass is 518 g/mol. The topological polar surface area (TPSA) is 130 Å². The second kappa shape index (κ2) is 30.4. The van der Waals surface area contributed by atoms with E-state index in [0.29, 0.717) is 5.92 Å². The lowest BCUT2D eigenvalue weighted by molar-refractivity contribution is -0.128. The highest BCUT2D eigenvalue weighted by atomic mass is 32.2. The Balaban J connectivity index is -0.00000113. The minimum atomic E-state index is -0.132. The van der Waals surface area contributed by atoms with Gasteiger partial charge in [0, 0.05) is 12.1 Å². The average molecular weight is 519 g/mol. The summed E-state index contributed by atoms with van der Waals surface area (Å²) in [6, 6.07) is 0.227. The molecule has 0 saturated heterocycles. The zero-order chi connectivity index (χ0) is 27.3. The molecule has 1 aliphatic rings. The zero-order valence-electron chi connectivity index (χ0n) is 23.0. The number of primary amides is 1. The van der Waals surface area contributed by atoms with Crippen LogP contribution in [0.5, 0.6) is 0 Å². The molecule has 9 heteroatoms. The highest BCUT2D eigenvalue weighted by Gasteiger charge is 2.35. The number of hydrogen-bond acceptors (Lipinski definition) is 6. The van der Waals surface area contributed by atoms with Gasteiger partial charge in [-0.2, -0.15) is 11.8 Å². The van der Waals surface area contributed by atoms with Gasteiger partial charge in [-0.1, -0.05) is 52.4 Å². The van der Waals surface area contributed by atoms with E-state index < -0.39 is 0 Å². The molecular weight excluding hydrogens is 464 g/mol. The molecule has 3 unspecified atom stereocenters. The SMILES string of the molecule is C=O.CCCCC(CCC)NC(=O)C(CCCNC)C(NC=O)C1CCCCC1.CSC.NC=O. The quantitative estimate of drug-likeness (QED) is 0.193. The Morgan fingerprint density at radius 2 is 1.60 bits per heavy atom. The van der Waals surface area contributed by atoms with Gasteiger partial charge in [-0.3, -0.25) is 14.4 Å². The van der Waals surface area contributed by atoms with Gasteiger partial charge < -0.3 is 26.5 Å². The first-order valence-electron chi connectivity index (χ1n) is 13.0. The molecule has 35 heavy (non-hydrogen) atoms. The summed E-state index contributed by atoms with van der Waals surface area (Å²) < 4.78 is 0. The summed E-state index contributed by atoms with van der Waals surface area (Å²) in [7, 11) is 1.94. The molecule has 1 fully saturated rings. The lowest BCUT2D eigenvalue weighted by Gasteiger charge is -2.35. The molecular formula is C26H54N4O4S. The summed E-state index contributed by atoms with van der Waals surface area (Å²) in [6.07, 6.45) is 18.3. The predicted molar refractivity (Wildman–Crippen MR) is 149 cm³/mol. The van der Waals surface area contributed by atoms with Crippen molar-refractivity contribution in [2.75, 3.05) is 26.1 Å². The van der Waals surface area contributed by atoms with Gasteiger partial charge in [0.15, 0.2) is 0 Å². The van der Waals surface area contributed by atoms with Crippen LogP contribution in [-0.4, -0.2) is 63.7 Å². The van der Waals surface area contributed by atoms with Crippen molar-refractivity contribution in [3.05, 3.63) is 0 Å². The van der Waals surface area contributed by atoms with Gasteiger partial charge in [-0.05, 0) is 70.5 Å². The molecule has 0 aromatic heterocycles. The van der Waals surface area contributed by atoms with Crippen LogP contribution in [0.15, 0.2) is 0 Å². The molecule has 0 aliphatic heterocycles. The average Bonchev–Trinajstić information content (AvgIpc) is 2.87. The maximum Gasteiger partial charge on any atom is 0.225 e. The van der Waals surface area contributed by atoms with Crippen LogP contribution < -0.4 is 21.7 Å². The van der Waals surface area contributed by atoms with Crippen molar-refractivity contribution >= 4 is 37.3 Å². The van der Waals surface area contributed by atoms with E-state index in [4.69, 9.17) is 9.59 Å². The normalized spacial score (nSPS) is 15.2. The third-order valence-corrected chi connectivity index (χ3v) is 6.02. The number of nitrogens with two attached hydrogens (primary N) is 1. The minimum absolute atomic E-state index is 0.0342. The van der Waals surface area contributed by atoms with Crippen LogP contribution in [-0.2, 0) is 19.2 Å². The molecule has 1 rings (SSSR count). The molecule has 5 N–H and O–H groups in total. The Labute approximate surface area is 219 Å². The van der Waals surface area contributed by atoms with Crippen molar-refractivity contribution in [3.8, 4) is 0 Å². The van der Waals surface area contributed by atoms with E-state index in [9.17, 15) is 9.59 Å². The maximum atomic E-state index is 13.3. The van der Waals surface area contributed by atoms with Crippen LogP contribution in [0.2, 0.25) is 0 Å². The molecule has 8 nitrogen and oxygen atoms in total. The molecule has 1 saturated carbocycles. The molecule has 0 aromatic carbocycles. The van der Waals surface area contributed by atoms with E-state index in [1.807, 2.05) is 26.3 Å². The molecule has 208 valence electrons. The number of nitrogens with one attached hydrogen (secondary N) is 3. The van der Waals surface area contributed by atoms with Gasteiger partial charge in [-0.25, -0.2) is 0 Å². The lowest BCUT2D eigenvalue weighted by Crippen LogP contribution is -2.50. The van der Waals surface area contributed by atoms with Gasteiger partial charge in [-0.15, -0.1) is 0 Å². The number of unbranched alkanes of at least 4 members (excludes halogenated alkanes) is 1. The van der Waals surface area contributed by atoms with E-state index in [1.54, 1.807) is 11.8 Å². The van der Waals surface area contributed by atoms with E-state index in [-0.39, 0.29) is 30.3 Å². The fraction of sp³-hybridized carbons (Fsp3) is 0.846. The first kappa shape index (κ1) is 37.9. The Morgan fingerprint density at radius 3 is 2.06 bits per heavy atom. The van der Waals surface area contributed by atoms with E-state index in [1.165, 1.54) is 19.3 Å². The molecule has 0 radical (unpaired) electrons. The van der Waals surface area contributed by atoms with Gasteiger partial charge in [0.1, 0.15) is 6.79 Å². The first-order valence-corrected chi connectivity index (χ1v) is 14.6. The second-order valence-electron chi connectivity index (χ2n) is 8.74. The highest BCUT2D eigenvalue weighted by molar-refractivity contribution is 7.97. The summed E-state index contributed by atoms with van der Waals surface area (Å²) in [4.78, 5) is 41.2. The lowest BCUT2D eigenvalue weighted by atomic mass is 9.77. The standard InChI is InChI=1S/C22H43N3O2.C2H6S.CH3NO.CH2O/c1-4-6-14-19(11-5-2)25-22(27)20(15-10-16-23-3)21(24-17-26)18-12-8-7-9-13-18;1-3-2;2-1-3;1-2/h17-21,23H,4-16H2,1-3H3,(H,24,26)(H,25,27);1-2H3;1H,(H2,2,3);1H2. The predicted octanol–water partition coefficient (Wildman–Crippen LogP) is 3.67. The van der Waals surface area contributed by atoms with E-state index in [2.05, 4.69) is 35.5 Å². The molecule has 1 aliphatic carbocycles. The smallest absolute Gasteiger partial charge is 0.225 e. The molecule has 0 bridgehead atoms. The van der Waals surface area contributed by atoms with Crippen LogP contribution in [0.25, 0.3) is 0 Å². The van der Waals surface area contributed by atoms with Gasteiger partial charge in [0.2, 0.25) is 18.7 Å². The Kier molecular flexibility index (Phi) is 33.0. The number of amides is 3. The molecule has 3 amide bonds. The van der Waals surface area contributed by atoms with Crippen LogP contribution in [0.1, 0.15) is 90.9 Å². The highest BCUT2D eigenvalue weighted by Crippen LogP contribution is 2.31. The van der Waals surface area contributed by atoms with Crippen LogP contribution >= 0.6 is 11.8 Å². The summed E-state index contributed by atoms with van der Waals surface area (Å²) in [6.45, 7) is 7.27. The second-order valence-corrected chi connectivity index (χ2v) is 9.56. The van der Waals surface area contributed by atoms with Crippen molar-refractivity contribution in [2.45, 2.75) is 103 Å². The number of carbonyl (C=O) groups is 4. The van der Waals surface area contributed by atoms with Crippen LogP contribution in [0, 0.1) is 11.8 Å². The van der Waals surface area contributed by atoms with E-state index in [0.717, 1.165) is 70.7 Å². The zero-order valence-corrected chi connectivity index (χ0v) is 23.8. The van der Waals surface area contributed by atoms with Crippen molar-refractivity contribution in [1.82, 2.24) is 16.0 Å². The summed E-state index contributed by atoms with van der Waals surface area (Å²) >= 11 is 1.75.